The molecule has 5 nitrogen and oxygen atoms in total. The van der Waals surface area contributed by atoms with E-state index in [4.69, 9.17) is 9.15 Å². The van der Waals surface area contributed by atoms with Crippen LogP contribution in [0.25, 0.3) is 11.0 Å². The molecule has 1 heterocycles. The minimum absolute atomic E-state index is 0.0891. The number of carbonyl (C=O) groups is 1. The van der Waals surface area contributed by atoms with Crippen LogP contribution in [0.1, 0.15) is 28.7 Å². The maximum Gasteiger partial charge on any atom is 0.339 e. The van der Waals surface area contributed by atoms with E-state index in [2.05, 4.69) is 15.9 Å². The first-order valence-electron chi connectivity index (χ1n) is 8.50. The molecule has 0 aliphatic rings. The van der Waals surface area contributed by atoms with Crippen molar-refractivity contribution in [3.8, 4) is 5.75 Å². The molecule has 0 unspecified atom stereocenters. The summed E-state index contributed by atoms with van der Waals surface area (Å²) >= 11 is 3.49. The van der Waals surface area contributed by atoms with Crippen molar-refractivity contribution < 1.29 is 19.1 Å². The lowest BCUT2D eigenvalue weighted by molar-refractivity contribution is -0.305. The van der Waals surface area contributed by atoms with E-state index in [1.807, 2.05) is 43.3 Å². The van der Waals surface area contributed by atoms with Crippen molar-refractivity contribution in [2.24, 2.45) is 0 Å². The second kappa shape index (κ2) is 7.96. The number of halogens is 1. The molecule has 27 heavy (non-hydrogen) atoms. The molecule has 2 aromatic carbocycles. The summed E-state index contributed by atoms with van der Waals surface area (Å²) in [6.07, 6.45) is -0.130. The largest absolute Gasteiger partial charge is 0.550 e. The van der Waals surface area contributed by atoms with Crippen molar-refractivity contribution in [3.05, 3.63) is 73.5 Å². The highest BCUT2D eigenvalue weighted by Gasteiger charge is 2.15. The number of aliphatic carboxylic acids is 1. The molecular weight excluding hydrogens is 412 g/mol. The first kappa shape index (κ1) is 19.2. The van der Waals surface area contributed by atoms with Gasteiger partial charge in [-0.2, -0.15) is 0 Å². The van der Waals surface area contributed by atoms with E-state index in [1.165, 1.54) is 0 Å². The Morgan fingerprint density at radius 2 is 1.89 bits per heavy atom. The molecule has 1 aromatic heterocycles. The molecule has 0 saturated carbocycles. The molecule has 3 aromatic rings. The molecule has 0 aliphatic heterocycles. The summed E-state index contributed by atoms with van der Waals surface area (Å²) in [6, 6.07) is 11.5. The van der Waals surface area contributed by atoms with Gasteiger partial charge in [-0.15, -0.1) is 0 Å². The predicted octanol–water partition coefficient (Wildman–Crippen LogP) is 3.43. The third-order valence-corrected chi connectivity index (χ3v) is 5.35. The van der Waals surface area contributed by atoms with Gasteiger partial charge in [0.05, 0.1) is 0 Å². The van der Waals surface area contributed by atoms with Gasteiger partial charge in [-0.1, -0.05) is 34.1 Å². The molecule has 0 N–H and O–H groups in total. The molecule has 0 radical (unpaired) electrons. The van der Waals surface area contributed by atoms with Crippen LogP contribution in [-0.4, -0.2) is 5.97 Å². The Kier molecular flexibility index (Phi) is 5.65. The van der Waals surface area contributed by atoms with Crippen molar-refractivity contribution in [2.75, 3.05) is 0 Å². The normalized spacial score (nSPS) is 10.9. The zero-order valence-electron chi connectivity index (χ0n) is 15.0. The van der Waals surface area contributed by atoms with E-state index in [-0.39, 0.29) is 12.8 Å². The van der Waals surface area contributed by atoms with E-state index in [0.29, 0.717) is 23.5 Å². The highest BCUT2D eigenvalue weighted by atomic mass is 79.9. The van der Waals surface area contributed by atoms with E-state index in [0.717, 1.165) is 26.5 Å². The minimum atomic E-state index is -1.19. The van der Waals surface area contributed by atoms with Gasteiger partial charge in [0.1, 0.15) is 17.9 Å². The number of carboxylic acid groups (broad SMARTS) is 1. The second-order valence-electron chi connectivity index (χ2n) is 6.31. The predicted molar refractivity (Wildman–Crippen MR) is 104 cm³/mol. The van der Waals surface area contributed by atoms with Crippen LogP contribution in [0.4, 0.5) is 0 Å². The average Bonchev–Trinajstić information content (AvgIpc) is 2.62. The van der Waals surface area contributed by atoms with Crippen molar-refractivity contribution in [2.45, 2.75) is 33.3 Å². The Bertz CT molecular complexity index is 1070. The quantitative estimate of drug-likeness (QED) is 0.560. The van der Waals surface area contributed by atoms with E-state index < -0.39 is 11.6 Å². The average molecular weight is 430 g/mol. The van der Waals surface area contributed by atoms with Crippen LogP contribution < -0.4 is 15.5 Å². The van der Waals surface area contributed by atoms with Crippen LogP contribution in [0.15, 0.2) is 50.1 Å². The highest BCUT2D eigenvalue weighted by Crippen LogP contribution is 2.30. The zero-order valence-corrected chi connectivity index (χ0v) is 16.6. The standard InChI is InChI=1S/C21H19BrO5/c1-12-15-7-9-18(26-11-14-5-3-4-6-17(14)22)13(2)20(15)27-21(25)16(12)8-10-19(23)24/h3-7,9H,8,10-11H2,1-2H3,(H,23,24)/p-1. The number of aryl methyl sites for hydroxylation is 2. The maximum atomic E-state index is 12.3. The molecule has 0 aliphatic carbocycles. The lowest BCUT2D eigenvalue weighted by Gasteiger charge is -2.14. The van der Waals surface area contributed by atoms with Gasteiger partial charge < -0.3 is 19.1 Å². The maximum absolute atomic E-state index is 12.3. The second-order valence-corrected chi connectivity index (χ2v) is 7.16. The first-order valence-corrected chi connectivity index (χ1v) is 9.29. The SMILES string of the molecule is Cc1c(CCC(=O)[O-])c(=O)oc2c(C)c(OCc3ccccc3Br)ccc12. The van der Waals surface area contributed by atoms with Crippen LogP contribution in [0, 0.1) is 13.8 Å². The van der Waals surface area contributed by atoms with Gasteiger partial charge in [-0.3, -0.25) is 0 Å². The van der Waals surface area contributed by atoms with Crippen molar-refractivity contribution in [3.63, 3.8) is 0 Å². The number of rotatable bonds is 6. The molecule has 0 fully saturated rings. The van der Waals surface area contributed by atoms with Gasteiger partial charge in [0.25, 0.3) is 0 Å². The van der Waals surface area contributed by atoms with Gasteiger partial charge in [0.2, 0.25) is 0 Å². The van der Waals surface area contributed by atoms with Crippen LogP contribution in [0.2, 0.25) is 0 Å². The Morgan fingerprint density at radius 3 is 2.59 bits per heavy atom. The number of carbonyl (C=O) groups excluding carboxylic acids is 1. The molecule has 0 bridgehead atoms. The summed E-state index contributed by atoms with van der Waals surface area (Å²) in [4.78, 5) is 23.0. The summed E-state index contributed by atoms with van der Waals surface area (Å²) in [5.41, 5.74) is 2.76. The fourth-order valence-electron chi connectivity index (χ4n) is 3.01. The van der Waals surface area contributed by atoms with Crippen molar-refractivity contribution in [1.29, 1.82) is 0 Å². The molecule has 0 spiro atoms. The van der Waals surface area contributed by atoms with Crippen LogP contribution >= 0.6 is 15.9 Å². The summed E-state index contributed by atoms with van der Waals surface area (Å²) < 4.78 is 12.4. The summed E-state index contributed by atoms with van der Waals surface area (Å²) in [7, 11) is 0. The number of fused-ring (bicyclic) bond motifs is 1. The zero-order chi connectivity index (χ0) is 19.6. The van der Waals surface area contributed by atoms with E-state index in [1.54, 1.807) is 6.92 Å². The number of carboxylic acids is 1. The Morgan fingerprint density at radius 1 is 1.15 bits per heavy atom. The van der Waals surface area contributed by atoms with Crippen LogP contribution in [0.3, 0.4) is 0 Å². The molecular formula is C21H18BrO5-. The van der Waals surface area contributed by atoms with Gasteiger partial charge in [0, 0.05) is 32.5 Å². The van der Waals surface area contributed by atoms with Crippen LogP contribution in [-0.2, 0) is 17.8 Å². The fraction of sp³-hybridized carbons (Fsp3) is 0.238. The third kappa shape index (κ3) is 4.06. The van der Waals surface area contributed by atoms with E-state index in [9.17, 15) is 14.7 Å². The lowest BCUT2D eigenvalue weighted by Crippen LogP contribution is -2.24. The Labute approximate surface area is 164 Å². The fourth-order valence-corrected chi connectivity index (χ4v) is 3.41. The van der Waals surface area contributed by atoms with Gasteiger partial charge in [-0.05, 0) is 50.5 Å². The van der Waals surface area contributed by atoms with E-state index >= 15 is 0 Å². The number of ether oxygens (including phenoxy) is 1. The van der Waals surface area contributed by atoms with Gasteiger partial charge in [0.15, 0.2) is 0 Å². The molecule has 0 amide bonds. The minimum Gasteiger partial charge on any atom is -0.550 e. The van der Waals surface area contributed by atoms with Crippen molar-refractivity contribution in [1.82, 2.24) is 0 Å². The van der Waals surface area contributed by atoms with Crippen LogP contribution in [0.5, 0.6) is 5.75 Å². The molecule has 3 rings (SSSR count). The molecule has 0 saturated heterocycles. The Hall–Kier alpha value is -2.60. The number of hydrogen-bond donors (Lipinski definition) is 0. The summed E-state index contributed by atoms with van der Waals surface area (Å²) in [5, 5.41) is 11.5. The molecule has 140 valence electrons. The lowest BCUT2D eigenvalue weighted by atomic mass is 10.0. The summed E-state index contributed by atoms with van der Waals surface area (Å²) in [6.45, 7) is 4.01. The number of benzene rings is 2. The van der Waals surface area contributed by atoms with Gasteiger partial charge >= 0.3 is 5.63 Å². The smallest absolute Gasteiger partial charge is 0.339 e. The molecule has 6 heteroatoms. The Balaban J connectivity index is 1.95. The first-order chi connectivity index (χ1) is 12.9. The third-order valence-electron chi connectivity index (χ3n) is 4.57. The number of hydrogen-bond acceptors (Lipinski definition) is 5. The molecule has 0 atom stereocenters. The topological polar surface area (TPSA) is 79.6 Å². The van der Waals surface area contributed by atoms with Gasteiger partial charge in [-0.25, -0.2) is 4.79 Å². The highest BCUT2D eigenvalue weighted by molar-refractivity contribution is 9.10. The monoisotopic (exact) mass is 429 g/mol. The van der Waals surface area contributed by atoms with Crippen molar-refractivity contribution >= 4 is 32.9 Å². The summed E-state index contributed by atoms with van der Waals surface area (Å²) in [5.74, 6) is -0.566.